The minimum Gasteiger partial charge on any atom is -0.445 e. The van der Waals surface area contributed by atoms with Crippen LogP contribution in [-0.4, -0.2) is 73.2 Å². The van der Waals surface area contributed by atoms with Crippen molar-refractivity contribution >= 4 is 64.2 Å². The van der Waals surface area contributed by atoms with Crippen molar-refractivity contribution in [2.75, 3.05) is 51.0 Å². The first kappa shape index (κ1) is 24.8. The van der Waals surface area contributed by atoms with E-state index in [1.807, 2.05) is 4.90 Å². The molecular formula is C20H21Cl3FN4O6+. The number of quaternary nitrogens is 1. The smallest absolute Gasteiger partial charge is 0.445 e. The third kappa shape index (κ3) is 5.03. The van der Waals surface area contributed by atoms with Gasteiger partial charge < -0.3 is 29.0 Å². The van der Waals surface area contributed by atoms with Gasteiger partial charge in [0.1, 0.15) is 12.9 Å². The van der Waals surface area contributed by atoms with Gasteiger partial charge in [-0.2, -0.15) is 4.79 Å². The Bertz CT molecular complexity index is 1030. The number of morpholine rings is 1. The molecule has 34 heavy (non-hydrogen) atoms. The van der Waals surface area contributed by atoms with Crippen molar-refractivity contribution < 1.29 is 32.7 Å². The predicted molar refractivity (Wildman–Crippen MR) is 122 cm³/mol. The lowest BCUT2D eigenvalue weighted by Crippen LogP contribution is -2.56. The van der Waals surface area contributed by atoms with Crippen LogP contribution >= 0.6 is 34.8 Å². The van der Waals surface area contributed by atoms with Crippen molar-refractivity contribution in [1.29, 1.82) is 0 Å². The van der Waals surface area contributed by atoms with Gasteiger partial charge in [-0.1, -0.05) is 34.8 Å². The summed E-state index contributed by atoms with van der Waals surface area (Å²) in [6.45, 7) is 1.44. The standard InChI is InChI=1S/C20H20Cl3FN4O6/c21-20(22,23)12-33-18(29)25-10-14-11-32-19(30)28(14,17-3-6-34-26-17)13-1-2-16(15(24)9-13)27-4-7-31-8-5-27/h1-3,6,9,14H,4-5,7-8,10-12H2/p+1/t14?,28-/m0/s1. The summed E-state index contributed by atoms with van der Waals surface area (Å²) in [5, 5.41) is 6.46. The first-order valence-corrected chi connectivity index (χ1v) is 11.4. The van der Waals surface area contributed by atoms with E-state index in [-0.39, 0.29) is 24.7 Å². The third-order valence-electron chi connectivity index (χ3n) is 5.56. The van der Waals surface area contributed by atoms with Gasteiger partial charge in [-0.15, -0.1) is 4.48 Å². The van der Waals surface area contributed by atoms with Gasteiger partial charge in [-0.05, 0) is 11.2 Å². The Balaban J connectivity index is 1.63. The molecule has 0 radical (unpaired) electrons. The minimum absolute atomic E-state index is 0.0801. The molecule has 184 valence electrons. The molecule has 1 aromatic heterocycles. The number of amides is 2. The summed E-state index contributed by atoms with van der Waals surface area (Å²) in [6.07, 6.45) is -0.272. The van der Waals surface area contributed by atoms with Gasteiger partial charge in [0.25, 0.3) is 5.82 Å². The molecular weight excluding hydrogens is 518 g/mol. The van der Waals surface area contributed by atoms with Gasteiger partial charge in [-0.3, -0.25) is 0 Å². The first-order chi connectivity index (χ1) is 16.2. The Labute approximate surface area is 208 Å². The van der Waals surface area contributed by atoms with Crippen molar-refractivity contribution in [1.82, 2.24) is 15.0 Å². The molecule has 1 aromatic carbocycles. The number of alkyl carbamates (subject to hydrolysis) is 1. The summed E-state index contributed by atoms with van der Waals surface area (Å²) >= 11 is 16.8. The van der Waals surface area contributed by atoms with Crippen molar-refractivity contribution in [3.63, 3.8) is 0 Å². The molecule has 1 N–H and O–H groups in total. The number of ether oxygens (including phenoxy) is 3. The first-order valence-electron chi connectivity index (χ1n) is 10.3. The second-order valence-corrected chi connectivity index (χ2v) is 10.1. The number of rotatable bonds is 6. The molecule has 2 aromatic rings. The number of aromatic nitrogens is 1. The molecule has 2 amide bonds. The van der Waals surface area contributed by atoms with E-state index in [0.717, 1.165) is 0 Å². The molecule has 0 spiro atoms. The lowest BCUT2D eigenvalue weighted by atomic mass is 10.1. The molecule has 0 bridgehead atoms. The highest BCUT2D eigenvalue weighted by atomic mass is 35.6. The SMILES string of the molecule is O=C(NCC1COC(=O)[N@+]1(c1ccc(N2CCOCC2)c(F)c1)c1ccon1)OCC(Cl)(Cl)Cl. The van der Waals surface area contributed by atoms with Crippen LogP contribution in [0, 0.1) is 5.82 Å². The number of carbonyl (C=O) groups excluding carboxylic acids is 2. The highest BCUT2D eigenvalue weighted by Crippen LogP contribution is 2.42. The molecule has 3 heterocycles. The molecule has 1 unspecified atom stereocenters. The average Bonchev–Trinajstić information content (AvgIpc) is 3.45. The predicted octanol–water partition coefficient (Wildman–Crippen LogP) is 3.90. The Morgan fingerprint density at radius 3 is 2.71 bits per heavy atom. The van der Waals surface area contributed by atoms with Crippen LogP contribution in [-0.2, 0) is 14.2 Å². The molecule has 4 rings (SSSR count). The summed E-state index contributed by atoms with van der Waals surface area (Å²) in [4.78, 5) is 27.1. The fraction of sp³-hybridized carbons (Fsp3) is 0.450. The molecule has 2 saturated heterocycles. The Morgan fingerprint density at radius 1 is 1.29 bits per heavy atom. The van der Waals surface area contributed by atoms with E-state index < -0.39 is 38.9 Å². The molecule has 10 nitrogen and oxygen atoms in total. The summed E-state index contributed by atoms with van der Waals surface area (Å²) in [5.74, 6) is -0.351. The maximum absolute atomic E-state index is 15.3. The Kier molecular flexibility index (Phi) is 7.39. The van der Waals surface area contributed by atoms with Gasteiger partial charge in [0.15, 0.2) is 24.2 Å². The van der Waals surface area contributed by atoms with E-state index in [2.05, 4.69) is 10.5 Å². The van der Waals surface area contributed by atoms with E-state index in [0.29, 0.717) is 32.0 Å². The van der Waals surface area contributed by atoms with Crippen LogP contribution in [0.15, 0.2) is 35.1 Å². The number of benzene rings is 1. The fourth-order valence-corrected chi connectivity index (χ4v) is 4.18. The third-order valence-corrected chi connectivity index (χ3v) is 5.89. The summed E-state index contributed by atoms with van der Waals surface area (Å²) < 4.78 is 33.4. The fourth-order valence-electron chi connectivity index (χ4n) is 4.02. The molecule has 2 aliphatic heterocycles. The second-order valence-electron chi connectivity index (χ2n) is 7.62. The van der Waals surface area contributed by atoms with Crippen molar-refractivity contribution in [3.05, 3.63) is 36.3 Å². The quantitative estimate of drug-likeness (QED) is 0.436. The Morgan fingerprint density at radius 2 is 2.06 bits per heavy atom. The number of hydrogen-bond acceptors (Lipinski definition) is 8. The highest BCUT2D eigenvalue weighted by Gasteiger charge is 2.58. The van der Waals surface area contributed by atoms with Crippen molar-refractivity contribution in [2.45, 2.75) is 9.83 Å². The number of cyclic esters (lactones) is 1. The van der Waals surface area contributed by atoms with Crippen molar-refractivity contribution in [2.24, 2.45) is 0 Å². The summed E-state index contributed by atoms with van der Waals surface area (Å²) in [5.41, 5.74) is 0.648. The normalized spacial score (nSPS) is 23.0. The number of nitrogens with one attached hydrogen (secondary N) is 1. The van der Waals surface area contributed by atoms with E-state index >= 15 is 4.39 Å². The van der Waals surface area contributed by atoms with Gasteiger partial charge in [-0.25, -0.2) is 9.18 Å². The number of alkyl halides is 3. The second kappa shape index (κ2) is 10.1. The van der Waals surface area contributed by atoms with E-state index in [1.165, 1.54) is 18.4 Å². The highest BCUT2D eigenvalue weighted by molar-refractivity contribution is 6.67. The topological polar surface area (TPSA) is 103 Å². The lowest BCUT2D eigenvalue weighted by Gasteiger charge is -2.32. The molecule has 0 saturated carbocycles. The van der Waals surface area contributed by atoms with Crippen LogP contribution in [0.25, 0.3) is 0 Å². The van der Waals surface area contributed by atoms with Gasteiger partial charge >= 0.3 is 12.2 Å². The molecule has 0 aliphatic carbocycles. The maximum atomic E-state index is 15.3. The van der Waals surface area contributed by atoms with Gasteiger partial charge in [0, 0.05) is 25.2 Å². The van der Waals surface area contributed by atoms with E-state index in [4.69, 9.17) is 53.5 Å². The lowest BCUT2D eigenvalue weighted by molar-refractivity contribution is 0.122. The zero-order valence-electron chi connectivity index (χ0n) is 17.7. The number of hydrogen-bond donors (Lipinski definition) is 1. The van der Waals surface area contributed by atoms with Crippen LogP contribution in [0.4, 0.5) is 31.2 Å². The van der Waals surface area contributed by atoms with Crippen molar-refractivity contribution in [3.8, 4) is 0 Å². The molecule has 2 atom stereocenters. The summed E-state index contributed by atoms with van der Waals surface area (Å²) in [6, 6.07) is 5.26. The van der Waals surface area contributed by atoms with Crippen LogP contribution in [0.1, 0.15) is 0 Å². The largest absolute Gasteiger partial charge is 0.528 e. The number of nitrogens with zero attached hydrogens (tertiary/aromatic N) is 3. The van der Waals surface area contributed by atoms with Crippen LogP contribution in [0.2, 0.25) is 0 Å². The number of carbonyl (C=O) groups is 2. The molecule has 2 fully saturated rings. The monoisotopic (exact) mass is 537 g/mol. The zero-order chi connectivity index (χ0) is 24.3. The number of anilines is 1. The zero-order valence-corrected chi connectivity index (χ0v) is 20.0. The van der Waals surface area contributed by atoms with Crippen LogP contribution in [0.3, 0.4) is 0 Å². The maximum Gasteiger partial charge on any atom is 0.528 e. The average molecular weight is 539 g/mol. The van der Waals surface area contributed by atoms with E-state index in [9.17, 15) is 9.59 Å². The van der Waals surface area contributed by atoms with Gasteiger partial charge in [0.2, 0.25) is 3.79 Å². The summed E-state index contributed by atoms with van der Waals surface area (Å²) in [7, 11) is 0. The van der Waals surface area contributed by atoms with Gasteiger partial charge in [0.05, 0.1) is 31.5 Å². The molecule has 14 heteroatoms. The minimum atomic E-state index is -1.77. The Hall–Kier alpha value is -2.31. The van der Waals surface area contributed by atoms with E-state index in [1.54, 1.807) is 12.1 Å². The van der Waals surface area contributed by atoms with Crippen LogP contribution in [0.5, 0.6) is 0 Å². The molecule has 2 aliphatic rings. The van der Waals surface area contributed by atoms with Crippen LogP contribution < -0.4 is 14.7 Å². The number of halogens is 4.